The van der Waals surface area contributed by atoms with Gasteiger partial charge in [-0.15, -0.1) is 0 Å². The zero-order chi connectivity index (χ0) is 15.3. The number of carbonyl (C=O) groups is 1. The summed E-state index contributed by atoms with van der Waals surface area (Å²) < 4.78 is 28.2. The SMILES string of the molecule is CCOC(=O)N(Cc1ccccc1)C[C@@H]1CCS(=O)(=O)C1. The van der Waals surface area contributed by atoms with Crippen molar-refractivity contribution in [1.29, 1.82) is 0 Å². The molecule has 1 atom stereocenters. The summed E-state index contributed by atoms with van der Waals surface area (Å²) in [6.45, 7) is 2.94. The lowest BCUT2D eigenvalue weighted by molar-refractivity contribution is 0.0991. The van der Waals surface area contributed by atoms with E-state index in [2.05, 4.69) is 0 Å². The first-order chi connectivity index (χ1) is 10.00. The van der Waals surface area contributed by atoms with Gasteiger partial charge in [-0.2, -0.15) is 0 Å². The summed E-state index contributed by atoms with van der Waals surface area (Å²) >= 11 is 0. The van der Waals surface area contributed by atoms with Crippen LogP contribution in [0.2, 0.25) is 0 Å². The number of nitrogens with zero attached hydrogens (tertiary/aromatic N) is 1. The van der Waals surface area contributed by atoms with Crippen LogP contribution < -0.4 is 0 Å². The van der Waals surface area contributed by atoms with Gasteiger partial charge < -0.3 is 9.64 Å². The molecule has 1 aromatic rings. The minimum absolute atomic E-state index is 0.00289. The second-order valence-electron chi connectivity index (χ2n) is 5.33. The lowest BCUT2D eigenvalue weighted by Crippen LogP contribution is -2.35. The first-order valence-electron chi connectivity index (χ1n) is 7.16. The van der Waals surface area contributed by atoms with Crippen LogP contribution >= 0.6 is 0 Å². The highest BCUT2D eigenvalue weighted by molar-refractivity contribution is 7.91. The molecule has 1 amide bonds. The molecule has 1 fully saturated rings. The number of rotatable bonds is 5. The highest BCUT2D eigenvalue weighted by Crippen LogP contribution is 2.21. The molecule has 0 saturated carbocycles. The zero-order valence-electron chi connectivity index (χ0n) is 12.2. The summed E-state index contributed by atoms with van der Waals surface area (Å²) in [7, 11) is -2.93. The van der Waals surface area contributed by atoms with Gasteiger partial charge in [0.15, 0.2) is 9.84 Å². The van der Waals surface area contributed by atoms with Crippen molar-refractivity contribution in [2.24, 2.45) is 5.92 Å². The fraction of sp³-hybridized carbons (Fsp3) is 0.533. The van der Waals surface area contributed by atoms with Crippen LogP contribution in [-0.4, -0.2) is 44.1 Å². The van der Waals surface area contributed by atoms with Crippen molar-refractivity contribution in [2.75, 3.05) is 24.7 Å². The van der Waals surface area contributed by atoms with Crippen molar-refractivity contribution in [3.63, 3.8) is 0 Å². The second-order valence-corrected chi connectivity index (χ2v) is 7.56. The molecule has 1 saturated heterocycles. The molecule has 0 spiro atoms. The van der Waals surface area contributed by atoms with Crippen LogP contribution in [0.3, 0.4) is 0 Å². The average molecular weight is 311 g/mol. The average Bonchev–Trinajstić information content (AvgIpc) is 2.79. The molecule has 0 aromatic heterocycles. The van der Waals surface area contributed by atoms with E-state index in [1.54, 1.807) is 11.8 Å². The van der Waals surface area contributed by atoms with Gasteiger partial charge in [0, 0.05) is 13.1 Å². The maximum atomic E-state index is 12.1. The van der Waals surface area contributed by atoms with E-state index in [1.807, 2.05) is 30.3 Å². The van der Waals surface area contributed by atoms with Crippen molar-refractivity contribution in [1.82, 2.24) is 4.90 Å². The third kappa shape index (κ3) is 4.74. The third-order valence-corrected chi connectivity index (χ3v) is 5.38. The maximum absolute atomic E-state index is 12.1. The van der Waals surface area contributed by atoms with Crippen molar-refractivity contribution in [2.45, 2.75) is 19.9 Å². The highest BCUT2D eigenvalue weighted by Gasteiger charge is 2.30. The Hall–Kier alpha value is -1.56. The van der Waals surface area contributed by atoms with E-state index >= 15 is 0 Å². The van der Waals surface area contributed by atoms with Crippen LogP contribution in [0.4, 0.5) is 4.79 Å². The second kappa shape index (κ2) is 6.93. The molecular weight excluding hydrogens is 290 g/mol. The van der Waals surface area contributed by atoms with Crippen LogP contribution in [0, 0.1) is 5.92 Å². The predicted molar refractivity (Wildman–Crippen MR) is 80.6 cm³/mol. The van der Waals surface area contributed by atoms with Gasteiger partial charge in [-0.25, -0.2) is 13.2 Å². The Balaban J connectivity index is 2.04. The van der Waals surface area contributed by atoms with Crippen LogP contribution in [0.25, 0.3) is 0 Å². The van der Waals surface area contributed by atoms with Gasteiger partial charge in [-0.1, -0.05) is 30.3 Å². The highest BCUT2D eigenvalue weighted by atomic mass is 32.2. The van der Waals surface area contributed by atoms with E-state index in [1.165, 1.54) is 0 Å². The summed E-state index contributed by atoms with van der Waals surface area (Å²) in [4.78, 5) is 13.7. The lowest BCUT2D eigenvalue weighted by atomic mass is 10.1. The fourth-order valence-electron chi connectivity index (χ4n) is 2.55. The minimum Gasteiger partial charge on any atom is -0.450 e. The first kappa shape index (κ1) is 15.8. The molecule has 5 nitrogen and oxygen atoms in total. The van der Waals surface area contributed by atoms with Crippen LogP contribution in [-0.2, 0) is 21.1 Å². The van der Waals surface area contributed by atoms with Gasteiger partial charge in [0.1, 0.15) is 0 Å². The molecule has 6 heteroatoms. The minimum atomic E-state index is -2.93. The summed E-state index contributed by atoms with van der Waals surface area (Å²) in [5.41, 5.74) is 1.01. The number of sulfone groups is 1. The number of hydrogen-bond acceptors (Lipinski definition) is 4. The van der Waals surface area contributed by atoms with Gasteiger partial charge >= 0.3 is 6.09 Å². The molecule has 0 bridgehead atoms. The molecule has 21 heavy (non-hydrogen) atoms. The normalized spacial score (nSPS) is 20.1. The van der Waals surface area contributed by atoms with Gasteiger partial charge in [-0.3, -0.25) is 0 Å². The molecule has 0 unspecified atom stereocenters. The van der Waals surface area contributed by atoms with Gasteiger partial charge in [-0.05, 0) is 24.8 Å². The van der Waals surface area contributed by atoms with Crippen LogP contribution in [0.5, 0.6) is 0 Å². The summed E-state index contributed by atoms with van der Waals surface area (Å²) in [5.74, 6) is 0.389. The Morgan fingerprint density at radius 3 is 2.62 bits per heavy atom. The number of benzene rings is 1. The predicted octanol–water partition coefficient (Wildman–Crippen LogP) is 2.08. The van der Waals surface area contributed by atoms with Gasteiger partial charge in [0.05, 0.1) is 18.1 Å². The Bertz CT molecular complexity index is 571. The van der Waals surface area contributed by atoms with Crippen molar-refractivity contribution in [3.8, 4) is 0 Å². The standard InChI is InChI=1S/C15H21NO4S/c1-2-20-15(17)16(10-13-6-4-3-5-7-13)11-14-8-9-21(18,19)12-14/h3-7,14H,2,8-12H2,1H3/t14-/m0/s1. The monoisotopic (exact) mass is 311 g/mol. The van der Waals surface area contributed by atoms with E-state index < -0.39 is 9.84 Å². The third-order valence-electron chi connectivity index (χ3n) is 3.55. The fourth-order valence-corrected chi connectivity index (χ4v) is 4.40. The Morgan fingerprint density at radius 2 is 2.05 bits per heavy atom. The molecule has 1 aromatic carbocycles. The van der Waals surface area contributed by atoms with Crippen LogP contribution in [0.1, 0.15) is 18.9 Å². The Morgan fingerprint density at radius 1 is 1.33 bits per heavy atom. The van der Waals surface area contributed by atoms with Crippen molar-refractivity contribution >= 4 is 15.9 Å². The number of ether oxygens (including phenoxy) is 1. The molecule has 2 rings (SSSR count). The zero-order valence-corrected chi connectivity index (χ0v) is 13.0. The smallest absolute Gasteiger partial charge is 0.410 e. The molecule has 116 valence electrons. The van der Waals surface area contributed by atoms with E-state index in [-0.39, 0.29) is 23.5 Å². The van der Waals surface area contributed by atoms with E-state index in [0.717, 1.165) is 5.56 Å². The van der Waals surface area contributed by atoms with E-state index in [4.69, 9.17) is 4.74 Å². The quantitative estimate of drug-likeness (QED) is 0.835. The van der Waals surface area contributed by atoms with Crippen LogP contribution in [0.15, 0.2) is 30.3 Å². The number of hydrogen-bond donors (Lipinski definition) is 0. The van der Waals surface area contributed by atoms with E-state index in [9.17, 15) is 13.2 Å². The topological polar surface area (TPSA) is 63.7 Å². The number of amides is 1. The summed E-state index contributed by atoms with van der Waals surface area (Å²) in [6.07, 6.45) is 0.234. The van der Waals surface area contributed by atoms with E-state index in [0.29, 0.717) is 26.1 Å². The molecule has 1 heterocycles. The number of carbonyl (C=O) groups excluding carboxylic acids is 1. The molecule has 0 N–H and O–H groups in total. The Kier molecular flexibility index (Phi) is 5.22. The first-order valence-corrected chi connectivity index (χ1v) is 8.98. The lowest BCUT2D eigenvalue weighted by Gasteiger charge is -2.24. The summed E-state index contributed by atoms with van der Waals surface area (Å²) in [6, 6.07) is 9.63. The molecule has 0 aliphatic carbocycles. The van der Waals surface area contributed by atoms with Gasteiger partial charge in [0.2, 0.25) is 0 Å². The summed E-state index contributed by atoms with van der Waals surface area (Å²) in [5, 5.41) is 0. The largest absolute Gasteiger partial charge is 0.450 e. The van der Waals surface area contributed by atoms with Crippen molar-refractivity contribution in [3.05, 3.63) is 35.9 Å². The maximum Gasteiger partial charge on any atom is 0.410 e. The van der Waals surface area contributed by atoms with Crippen molar-refractivity contribution < 1.29 is 17.9 Å². The molecule has 1 aliphatic rings. The molecular formula is C15H21NO4S. The molecule has 0 radical (unpaired) electrons. The Labute approximate surface area is 125 Å². The molecule has 1 aliphatic heterocycles. The van der Waals surface area contributed by atoms with Gasteiger partial charge in [0.25, 0.3) is 0 Å².